The van der Waals surface area contributed by atoms with Crippen molar-refractivity contribution >= 4 is 10.2 Å². The zero-order chi connectivity index (χ0) is 11.3. The summed E-state index contributed by atoms with van der Waals surface area (Å²) in [5, 5.41) is 3.10. The van der Waals surface area contributed by atoms with Crippen LogP contribution in [0.2, 0.25) is 0 Å². The summed E-state index contributed by atoms with van der Waals surface area (Å²) in [5.41, 5.74) is 0. The van der Waals surface area contributed by atoms with E-state index < -0.39 is 10.2 Å². The highest BCUT2D eigenvalue weighted by molar-refractivity contribution is 7.87. The Kier molecular flexibility index (Phi) is 4.94. The van der Waals surface area contributed by atoms with Gasteiger partial charge in [0.1, 0.15) is 0 Å². The van der Waals surface area contributed by atoms with Crippen LogP contribution in [-0.4, -0.2) is 58.7 Å². The Balaban J connectivity index is 2.43. The first-order valence-corrected chi connectivity index (χ1v) is 6.48. The number of methoxy groups -OCH3 is 1. The average Bonchev–Trinajstić information content (AvgIpc) is 2.27. The minimum absolute atomic E-state index is 0.109. The fourth-order valence-electron chi connectivity index (χ4n) is 1.28. The summed E-state index contributed by atoms with van der Waals surface area (Å²) >= 11 is 0. The minimum Gasteiger partial charge on any atom is -0.380 e. The van der Waals surface area contributed by atoms with E-state index in [1.54, 1.807) is 7.11 Å². The first kappa shape index (κ1) is 12.9. The third-order valence-electron chi connectivity index (χ3n) is 2.37. The molecule has 1 saturated heterocycles. The normalized spacial score (nSPS) is 21.5. The van der Waals surface area contributed by atoms with Gasteiger partial charge in [-0.05, 0) is 6.92 Å². The first-order valence-electron chi connectivity index (χ1n) is 5.04. The quantitative estimate of drug-likeness (QED) is 0.627. The molecule has 0 aromatic carbocycles. The Hall–Kier alpha value is -0.210. The van der Waals surface area contributed by atoms with Crippen molar-refractivity contribution in [2.75, 3.05) is 39.8 Å². The fraction of sp³-hybridized carbons (Fsp3) is 1.00. The highest BCUT2D eigenvalue weighted by Gasteiger charge is 2.23. The number of rotatable bonds is 5. The van der Waals surface area contributed by atoms with Gasteiger partial charge in [-0.15, -0.1) is 0 Å². The van der Waals surface area contributed by atoms with E-state index in [1.165, 1.54) is 4.31 Å². The van der Waals surface area contributed by atoms with Crippen molar-refractivity contribution < 1.29 is 13.2 Å². The van der Waals surface area contributed by atoms with E-state index in [-0.39, 0.29) is 6.10 Å². The van der Waals surface area contributed by atoms with Gasteiger partial charge >= 0.3 is 0 Å². The summed E-state index contributed by atoms with van der Waals surface area (Å²) in [7, 11) is -1.77. The second-order valence-electron chi connectivity index (χ2n) is 3.55. The predicted octanol–water partition coefficient (Wildman–Crippen LogP) is -1.24. The summed E-state index contributed by atoms with van der Waals surface area (Å²) in [4.78, 5) is 0. The summed E-state index contributed by atoms with van der Waals surface area (Å²) in [6.45, 7) is 4.60. The van der Waals surface area contributed by atoms with Gasteiger partial charge < -0.3 is 10.1 Å². The zero-order valence-corrected chi connectivity index (χ0v) is 10.0. The van der Waals surface area contributed by atoms with Gasteiger partial charge in [0, 0.05) is 39.8 Å². The van der Waals surface area contributed by atoms with Gasteiger partial charge in [0.15, 0.2) is 0 Å². The Bertz CT molecular complexity index is 275. The van der Waals surface area contributed by atoms with Crippen LogP contribution in [0.25, 0.3) is 0 Å². The molecule has 6 nitrogen and oxygen atoms in total. The monoisotopic (exact) mass is 237 g/mol. The molecule has 1 heterocycles. The van der Waals surface area contributed by atoms with Crippen LogP contribution in [0.4, 0.5) is 0 Å². The molecule has 1 unspecified atom stereocenters. The molecular weight excluding hydrogens is 218 g/mol. The van der Waals surface area contributed by atoms with E-state index in [2.05, 4.69) is 10.0 Å². The van der Waals surface area contributed by atoms with Gasteiger partial charge in [0.25, 0.3) is 10.2 Å². The zero-order valence-electron chi connectivity index (χ0n) is 9.19. The third kappa shape index (κ3) is 4.04. The molecule has 0 radical (unpaired) electrons. The molecule has 2 N–H and O–H groups in total. The van der Waals surface area contributed by atoms with Gasteiger partial charge in [-0.3, -0.25) is 0 Å². The molecule has 15 heavy (non-hydrogen) atoms. The van der Waals surface area contributed by atoms with Crippen molar-refractivity contribution in [2.24, 2.45) is 0 Å². The second-order valence-corrected chi connectivity index (χ2v) is 5.30. The molecule has 7 heteroatoms. The molecule has 0 saturated carbocycles. The van der Waals surface area contributed by atoms with Crippen LogP contribution >= 0.6 is 0 Å². The largest absolute Gasteiger partial charge is 0.380 e. The predicted molar refractivity (Wildman–Crippen MR) is 57.8 cm³/mol. The van der Waals surface area contributed by atoms with E-state index in [0.717, 1.165) is 0 Å². The van der Waals surface area contributed by atoms with E-state index in [4.69, 9.17) is 4.74 Å². The van der Waals surface area contributed by atoms with Crippen LogP contribution < -0.4 is 10.0 Å². The average molecular weight is 237 g/mol. The standard InChI is InChI=1S/C8H19N3O3S/c1-8(14-2)7-10-15(12,13)11-5-3-9-4-6-11/h8-10H,3-7H2,1-2H3. The van der Waals surface area contributed by atoms with Gasteiger partial charge in [-0.25, -0.2) is 0 Å². The lowest BCUT2D eigenvalue weighted by Gasteiger charge is -2.27. The number of nitrogens with one attached hydrogen (secondary N) is 2. The molecule has 0 aliphatic carbocycles. The Morgan fingerprint density at radius 2 is 2.07 bits per heavy atom. The van der Waals surface area contributed by atoms with Crippen molar-refractivity contribution in [1.82, 2.24) is 14.3 Å². The van der Waals surface area contributed by atoms with Crippen LogP contribution in [0.5, 0.6) is 0 Å². The van der Waals surface area contributed by atoms with Gasteiger partial charge in [0.05, 0.1) is 6.10 Å². The second kappa shape index (κ2) is 5.76. The number of hydrogen-bond donors (Lipinski definition) is 2. The van der Waals surface area contributed by atoms with Gasteiger partial charge in [-0.2, -0.15) is 17.4 Å². The lowest BCUT2D eigenvalue weighted by Crippen LogP contribution is -2.51. The summed E-state index contributed by atoms with van der Waals surface area (Å²) < 4.78 is 32.4. The van der Waals surface area contributed by atoms with Crippen molar-refractivity contribution in [3.05, 3.63) is 0 Å². The molecule has 1 atom stereocenters. The Labute approximate surface area is 91.2 Å². The molecular formula is C8H19N3O3S. The molecule has 1 aliphatic heterocycles. The van der Waals surface area contributed by atoms with Crippen LogP contribution in [0, 0.1) is 0 Å². The van der Waals surface area contributed by atoms with Crippen molar-refractivity contribution in [2.45, 2.75) is 13.0 Å². The molecule has 1 fully saturated rings. The highest BCUT2D eigenvalue weighted by Crippen LogP contribution is 2.00. The Morgan fingerprint density at radius 1 is 1.47 bits per heavy atom. The molecule has 1 rings (SSSR count). The van der Waals surface area contributed by atoms with Gasteiger partial charge in [0.2, 0.25) is 0 Å². The van der Waals surface area contributed by atoms with Crippen LogP contribution in [-0.2, 0) is 14.9 Å². The van der Waals surface area contributed by atoms with Crippen LogP contribution in [0.1, 0.15) is 6.92 Å². The van der Waals surface area contributed by atoms with Crippen LogP contribution in [0.3, 0.4) is 0 Å². The maximum absolute atomic E-state index is 11.7. The maximum Gasteiger partial charge on any atom is 0.279 e. The molecule has 90 valence electrons. The number of hydrogen-bond acceptors (Lipinski definition) is 4. The molecule has 0 amide bonds. The number of ether oxygens (including phenoxy) is 1. The minimum atomic E-state index is -3.33. The fourth-order valence-corrected chi connectivity index (χ4v) is 2.57. The SMILES string of the molecule is COC(C)CNS(=O)(=O)N1CCNCC1. The molecule has 0 aromatic rings. The van der Waals surface area contributed by atoms with Crippen molar-refractivity contribution in [3.63, 3.8) is 0 Å². The number of piperazine rings is 1. The number of nitrogens with zero attached hydrogens (tertiary/aromatic N) is 1. The summed E-state index contributed by atoms with van der Waals surface area (Å²) in [6, 6.07) is 0. The van der Waals surface area contributed by atoms with E-state index in [0.29, 0.717) is 32.7 Å². The van der Waals surface area contributed by atoms with E-state index in [1.807, 2.05) is 6.92 Å². The van der Waals surface area contributed by atoms with Crippen LogP contribution in [0.15, 0.2) is 0 Å². The summed E-state index contributed by atoms with van der Waals surface area (Å²) in [6.07, 6.45) is -0.109. The lowest BCUT2D eigenvalue weighted by atomic mass is 10.4. The van der Waals surface area contributed by atoms with Gasteiger partial charge in [-0.1, -0.05) is 0 Å². The van der Waals surface area contributed by atoms with E-state index in [9.17, 15) is 8.42 Å². The van der Waals surface area contributed by atoms with E-state index >= 15 is 0 Å². The Morgan fingerprint density at radius 3 is 2.60 bits per heavy atom. The lowest BCUT2D eigenvalue weighted by molar-refractivity contribution is 0.121. The third-order valence-corrected chi connectivity index (χ3v) is 3.95. The first-order chi connectivity index (χ1) is 7.06. The topological polar surface area (TPSA) is 70.7 Å². The molecule has 0 spiro atoms. The smallest absolute Gasteiger partial charge is 0.279 e. The molecule has 1 aliphatic rings. The summed E-state index contributed by atoms with van der Waals surface area (Å²) in [5.74, 6) is 0. The molecule has 0 bridgehead atoms. The molecule has 0 aromatic heterocycles. The highest BCUT2D eigenvalue weighted by atomic mass is 32.2. The van der Waals surface area contributed by atoms with Crippen molar-refractivity contribution in [1.29, 1.82) is 0 Å². The maximum atomic E-state index is 11.7. The van der Waals surface area contributed by atoms with Crippen molar-refractivity contribution in [3.8, 4) is 0 Å².